The van der Waals surface area contributed by atoms with Gasteiger partial charge in [-0.2, -0.15) is 0 Å². The predicted octanol–water partition coefficient (Wildman–Crippen LogP) is 1.20. The summed E-state index contributed by atoms with van der Waals surface area (Å²) in [5, 5.41) is 0. The highest BCUT2D eigenvalue weighted by atomic mass is 16.6. The first-order valence-corrected chi connectivity index (χ1v) is 3.52. The summed E-state index contributed by atoms with van der Waals surface area (Å²) in [6.07, 6.45) is 1.95. The SMILES string of the molecule is CC(C)OCCC1CO1. The highest BCUT2D eigenvalue weighted by Gasteiger charge is 2.21. The fourth-order valence-corrected chi connectivity index (χ4v) is 0.670. The van der Waals surface area contributed by atoms with Crippen LogP contribution >= 0.6 is 0 Å². The lowest BCUT2D eigenvalue weighted by Crippen LogP contribution is -2.05. The molecule has 0 amide bonds. The second-order valence-electron chi connectivity index (χ2n) is 2.66. The average Bonchev–Trinajstić information content (AvgIpc) is 2.48. The van der Waals surface area contributed by atoms with Crippen molar-refractivity contribution in [1.29, 1.82) is 0 Å². The van der Waals surface area contributed by atoms with Gasteiger partial charge in [0.25, 0.3) is 0 Å². The number of hydrogen-bond donors (Lipinski definition) is 0. The Morgan fingerprint density at radius 3 is 2.78 bits per heavy atom. The van der Waals surface area contributed by atoms with E-state index in [0.717, 1.165) is 19.6 Å². The van der Waals surface area contributed by atoms with Gasteiger partial charge in [0.15, 0.2) is 0 Å². The van der Waals surface area contributed by atoms with Crippen LogP contribution in [-0.4, -0.2) is 25.4 Å². The maximum atomic E-state index is 5.31. The number of rotatable bonds is 4. The van der Waals surface area contributed by atoms with E-state index in [1.54, 1.807) is 0 Å². The molecule has 1 heterocycles. The minimum absolute atomic E-state index is 0.365. The van der Waals surface area contributed by atoms with E-state index in [2.05, 4.69) is 0 Å². The molecular weight excluding hydrogens is 116 g/mol. The third-order valence-corrected chi connectivity index (χ3v) is 1.29. The third-order valence-electron chi connectivity index (χ3n) is 1.29. The molecule has 1 saturated heterocycles. The fraction of sp³-hybridized carbons (Fsp3) is 1.00. The molecule has 0 aromatic heterocycles. The van der Waals surface area contributed by atoms with E-state index in [0.29, 0.717) is 12.2 Å². The van der Waals surface area contributed by atoms with Crippen molar-refractivity contribution in [2.24, 2.45) is 0 Å². The summed E-state index contributed by atoms with van der Waals surface area (Å²) in [4.78, 5) is 0. The van der Waals surface area contributed by atoms with Gasteiger partial charge in [0.05, 0.1) is 18.8 Å². The normalized spacial score (nSPS) is 25.0. The zero-order valence-corrected chi connectivity index (χ0v) is 6.09. The standard InChI is InChI=1S/C7H14O2/c1-6(2)8-4-3-7-5-9-7/h6-7H,3-5H2,1-2H3. The van der Waals surface area contributed by atoms with Crippen molar-refractivity contribution in [2.75, 3.05) is 13.2 Å². The van der Waals surface area contributed by atoms with Gasteiger partial charge < -0.3 is 9.47 Å². The smallest absolute Gasteiger partial charge is 0.0831 e. The zero-order chi connectivity index (χ0) is 6.69. The molecule has 1 aliphatic heterocycles. The molecule has 1 fully saturated rings. The second kappa shape index (κ2) is 3.18. The van der Waals surface area contributed by atoms with Crippen LogP contribution in [0.1, 0.15) is 20.3 Å². The second-order valence-corrected chi connectivity index (χ2v) is 2.66. The van der Waals surface area contributed by atoms with E-state index in [-0.39, 0.29) is 0 Å². The van der Waals surface area contributed by atoms with Crippen LogP contribution in [0.4, 0.5) is 0 Å². The van der Waals surface area contributed by atoms with Crippen LogP contribution in [0.15, 0.2) is 0 Å². The van der Waals surface area contributed by atoms with Crippen LogP contribution in [-0.2, 0) is 9.47 Å². The third kappa shape index (κ3) is 3.49. The Morgan fingerprint density at radius 1 is 1.67 bits per heavy atom. The van der Waals surface area contributed by atoms with Crippen molar-refractivity contribution >= 4 is 0 Å². The molecule has 0 aliphatic carbocycles. The van der Waals surface area contributed by atoms with Crippen molar-refractivity contribution in [3.63, 3.8) is 0 Å². The molecule has 9 heavy (non-hydrogen) atoms. The van der Waals surface area contributed by atoms with Gasteiger partial charge in [-0.05, 0) is 20.3 Å². The maximum absolute atomic E-state index is 5.31. The molecule has 1 aliphatic rings. The molecule has 1 rings (SSSR count). The summed E-state index contributed by atoms with van der Waals surface area (Å²) in [5.74, 6) is 0. The van der Waals surface area contributed by atoms with E-state index >= 15 is 0 Å². The quantitative estimate of drug-likeness (QED) is 0.533. The van der Waals surface area contributed by atoms with E-state index < -0.39 is 0 Å². The zero-order valence-electron chi connectivity index (χ0n) is 6.09. The van der Waals surface area contributed by atoms with Crippen molar-refractivity contribution in [2.45, 2.75) is 32.5 Å². The van der Waals surface area contributed by atoms with Gasteiger partial charge in [-0.3, -0.25) is 0 Å². The molecule has 0 radical (unpaired) electrons. The van der Waals surface area contributed by atoms with Gasteiger partial charge in [-0.1, -0.05) is 0 Å². The number of epoxide rings is 1. The lowest BCUT2D eigenvalue weighted by Gasteiger charge is -2.04. The summed E-state index contributed by atoms with van der Waals surface area (Å²) in [7, 11) is 0. The maximum Gasteiger partial charge on any atom is 0.0831 e. The Hall–Kier alpha value is -0.0800. The molecule has 1 unspecified atom stereocenters. The van der Waals surface area contributed by atoms with Gasteiger partial charge >= 0.3 is 0 Å². The average molecular weight is 130 g/mol. The Morgan fingerprint density at radius 2 is 2.33 bits per heavy atom. The molecule has 1 atom stereocenters. The van der Waals surface area contributed by atoms with Crippen molar-refractivity contribution < 1.29 is 9.47 Å². The van der Waals surface area contributed by atoms with Crippen LogP contribution in [0.3, 0.4) is 0 Å². The Balaban J connectivity index is 1.81. The monoisotopic (exact) mass is 130 g/mol. The highest BCUT2D eigenvalue weighted by molar-refractivity contribution is 4.67. The number of ether oxygens (including phenoxy) is 2. The summed E-state index contributed by atoms with van der Waals surface area (Å²) in [6, 6.07) is 0. The first-order valence-electron chi connectivity index (χ1n) is 3.52. The molecule has 0 saturated carbocycles. The molecule has 0 aromatic carbocycles. The number of hydrogen-bond acceptors (Lipinski definition) is 2. The minimum atomic E-state index is 0.365. The van der Waals surface area contributed by atoms with Crippen molar-refractivity contribution in [1.82, 2.24) is 0 Å². The first-order chi connectivity index (χ1) is 4.29. The van der Waals surface area contributed by atoms with Gasteiger partial charge in [-0.25, -0.2) is 0 Å². The van der Waals surface area contributed by atoms with E-state index in [9.17, 15) is 0 Å². The minimum Gasteiger partial charge on any atom is -0.379 e. The van der Waals surface area contributed by atoms with Gasteiger partial charge in [0.2, 0.25) is 0 Å². The van der Waals surface area contributed by atoms with Gasteiger partial charge in [-0.15, -0.1) is 0 Å². The van der Waals surface area contributed by atoms with Crippen LogP contribution in [0, 0.1) is 0 Å². The van der Waals surface area contributed by atoms with Gasteiger partial charge in [0, 0.05) is 6.61 Å². The Kier molecular flexibility index (Phi) is 2.49. The highest BCUT2D eigenvalue weighted by Crippen LogP contribution is 2.12. The fourth-order valence-electron chi connectivity index (χ4n) is 0.670. The van der Waals surface area contributed by atoms with Crippen LogP contribution in [0.5, 0.6) is 0 Å². The molecular formula is C7H14O2. The molecule has 0 aromatic rings. The summed E-state index contributed by atoms with van der Waals surface area (Å²) in [5.41, 5.74) is 0. The topological polar surface area (TPSA) is 21.8 Å². The van der Waals surface area contributed by atoms with Crippen LogP contribution in [0.2, 0.25) is 0 Å². The van der Waals surface area contributed by atoms with Crippen molar-refractivity contribution in [3.05, 3.63) is 0 Å². The molecule has 2 nitrogen and oxygen atoms in total. The Bertz CT molecular complexity index is 75.0. The molecule has 0 bridgehead atoms. The first kappa shape index (κ1) is 7.03. The summed E-state index contributed by atoms with van der Waals surface area (Å²) >= 11 is 0. The summed E-state index contributed by atoms with van der Waals surface area (Å²) < 4.78 is 10.3. The largest absolute Gasteiger partial charge is 0.379 e. The predicted molar refractivity (Wildman–Crippen MR) is 35.4 cm³/mol. The van der Waals surface area contributed by atoms with Crippen LogP contribution in [0.25, 0.3) is 0 Å². The molecule has 54 valence electrons. The molecule has 2 heteroatoms. The Labute approximate surface area is 56.2 Å². The van der Waals surface area contributed by atoms with Crippen LogP contribution < -0.4 is 0 Å². The summed E-state index contributed by atoms with van der Waals surface area (Å²) in [6.45, 7) is 5.89. The lowest BCUT2D eigenvalue weighted by molar-refractivity contribution is 0.0730. The lowest BCUT2D eigenvalue weighted by atomic mass is 10.3. The van der Waals surface area contributed by atoms with Gasteiger partial charge in [0.1, 0.15) is 0 Å². The van der Waals surface area contributed by atoms with E-state index in [4.69, 9.17) is 9.47 Å². The molecule has 0 N–H and O–H groups in total. The van der Waals surface area contributed by atoms with E-state index in [1.807, 2.05) is 13.8 Å². The van der Waals surface area contributed by atoms with E-state index in [1.165, 1.54) is 0 Å². The van der Waals surface area contributed by atoms with Crippen molar-refractivity contribution in [3.8, 4) is 0 Å². The molecule has 0 spiro atoms.